The van der Waals surface area contributed by atoms with E-state index in [1.54, 1.807) is 0 Å². The Labute approximate surface area is 106 Å². The first-order chi connectivity index (χ1) is 8.52. The molecule has 2 saturated carbocycles. The Balaban J connectivity index is 1.97. The predicted octanol–water partition coefficient (Wildman–Crippen LogP) is 2.86. The van der Waals surface area contributed by atoms with E-state index in [1.807, 2.05) is 0 Å². The SMILES string of the molecule is OCC1CCCC1NC1CCCCC1C(F)(F)F. The van der Waals surface area contributed by atoms with Crippen molar-refractivity contribution < 1.29 is 18.3 Å². The Kier molecular flexibility index (Phi) is 4.54. The average molecular weight is 265 g/mol. The van der Waals surface area contributed by atoms with Crippen molar-refractivity contribution in [1.82, 2.24) is 5.32 Å². The van der Waals surface area contributed by atoms with Gasteiger partial charge in [0, 0.05) is 18.7 Å². The number of aliphatic hydroxyl groups is 1. The van der Waals surface area contributed by atoms with Crippen molar-refractivity contribution in [1.29, 1.82) is 0 Å². The Bertz CT molecular complexity index is 269. The summed E-state index contributed by atoms with van der Waals surface area (Å²) in [5, 5.41) is 12.4. The van der Waals surface area contributed by atoms with E-state index in [2.05, 4.69) is 5.32 Å². The molecule has 0 aromatic heterocycles. The molecule has 0 radical (unpaired) electrons. The third-order valence-electron chi connectivity index (χ3n) is 4.51. The zero-order valence-corrected chi connectivity index (χ0v) is 10.5. The van der Waals surface area contributed by atoms with Crippen LogP contribution in [0.3, 0.4) is 0 Å². The molecule has 0 amide bonds. The minimum atomic E-state index is -4.09. The minimum absolute atomic E-state index is 0.0722. The van der Waals surface area contributed by atoms with Gasteiger partial charge in [0.05, 0.1) is 5.92 Å². The van der Waals surface area contributed by atoms with Gasteiger partial charge in [0.25, 0.3) is 0 Å². The monoisotopic (exact) mass is 265 g/mol. The molecule has 0 aliphatic heterocycles. The topological polar surface area (TPSA) is 32.3 Å². The Morgan fingerprint density at radius 1 is 0.944 bits per heavy atom. The van der Waals surface area contributed by atoms with Gasteiger partial charge in [0.2, 0.25) is 0 Å². The molecule has 2 aliphatic carbocycles. The summed E-state index contributed by atoms with van der Waals surface area (Å²) < 4.78 is 38.9. The first-order valence-electron chi connectivity index (χ1n) is 6.96. The molecule has 0 spiro atoms. The van der Waals surface area contributed by atoms with E-state index in [9.17, 15) is 18.3 Å². The highest BCUT2D eigenvalue weighted by molar-refractivity contribution is 4.91. The van der Waals surface area contributed by atoms with Crippen LogP contribution >= 0.6 is 0 Å². The number of nitrogens with one attached hydrogen (secondary N) is 1. The van der Waals surface area contributed by atoms with E-state index >= 15 is 0 Å². The van der Waals surface area contributed by atoms with Crippen LogP contribution < -0.4 is 5.32 Å². The fourth-order valence-corrected chi connectivity index (χ4v) is 3.47. The lowest BCUT2D eigenvalue weighted by Gasteiger charge is -2.36. The van der Waals surface area contributed by atoms with Crippen molar-refractivity contribution in [2.45, 2.75) is 63.2 Å². The second kappa shape index (κ2) is 5.78. The highest BCUT2D eigenvalue weighted by Gasteiger charge is 2.46. The van der Waals surface area contributed by atoms with Crippen molar-refractivity contribution >= 4 is 0 Å². The van der Waals surface area contributed by atoms with Crippen LogP contribution in [0.2, 0.25) is 0 Å². The highest BCUT2D eigenvalue weighted by Crippen LogP contribution is 2.39. The van der Waals surface area contributed by atoms with Crippen LogP contribution in [0.15, 0.2) is 0 Å². The smallest absolute Gasteiger partial charge is 0.393 e. The van der Waals surface area contributed by atoms with Gasteiger partial charge in [-0.2, -0.15) is 13.2 Å². The molecule has 0 aromatic rings. The molecular weight excluding hydrogens is 243 g/mol. The first-order valence-corrected chi connectivity index (χ1v) is 6.96. The Hall–Kier alpha value is -0.290. The minimum Gasteiger partial charge on any atom is -0.396 e. The molecule has 2 aliphatic rings. The molecular formula is C13H22F3NO. The van der Waals surface area contributed by atoms with Crippen molar-refractivity contribution in [2.24, 2.45) is 11.8 Å². The van der Waals surface area contributed by atoms with Crippen LogP contribution in [-0.4, -0.2) is 30.0 Å². The summed E-state index contributed by atoms with van der Waals surface area (Å²) in [6, 6.07) is -0.376. The average Bonchev–Trinajstić information content (AvgIpc) is 2.75. The fourth-order valence-electron chi connectivity index (χ4n) is 3.47. The number of aliphatic hydroxyl groups excluding tert-OH is 1. The molecule has 18 heavy (non-hydrogen) atoms. The maximum absolute atomic E-state index is 13.0. The summed E-state index contributed by atoms with van der Waals surface area (Å²) >= 11 is 0. The van der Waals surface area contributed by atoms with Gasteiger partial charge < -0.3 is 10.4 Å². The first kappa shape index (κ1) is 14.1. The van der Waals surface area contributed by atoms with Crippen LogP contribution in [0.4, 0.5) is 13.2 Å². The summed E-state index contributed by atoms with van der Waals surface area (Å²) in [4.78, 5) is 0. The van der Waals surface area contributed by atoms with Gasteiger partial charge in [-0.3, -0.25) is 0 Å². The maximum Gasteiger partial charge on any atom is 0.393 e. The molecule has 2 rings (SSSR count). The van der Waals surface area contributed by atoms with Crippen LogP contribution in [-0.2, 0) is 0 Å². The number of rotatable bonds is 3. The molecule has 4 atom stereocenters. The molecule has 2 nitrogen and oxygen atoms in total. The molecule has 0 aromatic carbocycles. The summed E-state index contributed by atoms with van der Waals surface area (Å²) in [7, 11) is 0. The fraction of sp³-hybridized carbons (Fsp3) is 1.00. The molecule has 4 unspecified atom stereocenters. The molecule has 106 valence electrons. The molecule has 2 N–H and O–H groups in total. The lowest BCUT2D eigenvalue weighted by Crippen LogP contribution is -2.50. The van der Waals surface area contributed by atoms with E-state index in [0.29, 0.717) is 12.8 Å². The Morgan fingerprint density at radius 3 is 2.28 bits per heavy atom. The number of alkyl halides is 3. The normalized spacial score (nSPS) is 38.0. The van der Waals surface area contributed by atoms with Crippen molar-refractivity contribution in [3.63, 3.8) is 0 Å². The summed E-state index contributed by atoms with van der Waals surface area (Å²) in [6.07, 6.45) is 1.15. The molecule has 0 heterocycles. The third-order valence-corrected chi connectivity index (χ3v) is 4.51. The lowest BCUT2D eigenvalue weighted by molar-refractivity contribution is -0.189. The number of hydrogen-bond acceptors (Lipinski definition) is 2. The quantitative estimate of drug-likeness (QED) is 0.822. The van der Waals surface area contributed by atoms with Gasteiger partial charge in [0.15, 0.2) is 0 Å². The van der Waals surface area contributed by atoms with E-state index in [0.717, 1.165) is 25.7 Å². The van der Waals surface area contributed by atoms with Gasteiger partial charge in [-0.1, -0.05) is 19.3 Å². The summed E-state index contributed by atoms with van der Waals surface area (Å²) in [5.74, 6) is -1.06. The lowest BCUT2D eigenvalue weighted by atomic mass is 9.83. The molecule has 5 heteroatoms. The van der Waals surface area contributed by atoms with Gasteiger partial charge in [0.1, 0.15) is 0 Å². The summed E-state index contributed by atoms with van der Waals surface area (Å²) in [5.41, 5.74) is 0. The predicted molar refractivity (Wildman–Crippen MR) is 63.2 cm³/mol. The summed E-state index contributed by atoms with van der Waals surface area (Å²) in [6.45, 7) is 0.0844. The molecule has 0 bridgehead atoms. The molecule has 0 saturated heterocycles. The Morgan fingerprint density at radius 2 is 1.61 bits per heavy atom. The van der Waals surface area contributed by atoms with Gasteiger partial charge in [-0.15, -0.1) is 0 Å². The third kappa shape index (κ3) is 3.18. The number of halogens is 3. The molecule has 2 fully saturated rings. The standard InChI is InChI=1S/C13H22F3NO/c14-13(15,16)10-5-1-2-6-12(10)17-11-7-3-4-9(11)8-18/h9-12,17-18H,1-8H2. The second-order valence-corrected chi connectivity index (χ2v) is 5.69. The second-order valence-electron chi connectivity index (χ2n) is 5.69. The van der Waals surface area contributed by atoms with Crippen LogP contribution in [0, 0.1) is 11.8 Å². The highest BCUT2D eigenvalue weighted by atomic mass is 19.4. The van der Waals surface area contributed by atoms with Gasteiger partial charge >= 0.3 is 6.18 Å². The van der Waals surface area contributed by atoms with Crippen LogP contribution in [0.5, 0.6) is 0 Å². The van der Waals surface area contributed by atoms with Crippen molar-refractivity contribution in [3.05, 3.63) is 0 Å². The maximum atomic E-state index is 13.0. The van der Waals surface area contributed by atoms with Crippen LogP contribution in [0.25, 0.3) is 0 Å². The van der Waals surface area contributed by atoms with Crippen molar-refractivity contribution in [3.8, 4) is 0 Å². The number of hydrogen-bond donors (Lipinski definition) is 2. The van der Waals surface area contributed by atoms with E-state index in [1.165, 1.54) is 0 Å². The van der Waals surface area contributed by atoms with Gasteiger partial charge in [-0.05, 0) is 31.6 Å². The zero-order valence-electron chi connectivity index (χ0n) is 10.5. The van der Waals surface area contributed by atoms with E-state index in [4.69, 9.17) is 0 Å². The van der Waals surface area contributed by atoms with E-state index < -0.39 is 18.1 Å². The van der Waals surface area contributed by atoms with E-state index in [-0.39, 0.29) is 25.0 Å². The largest absolute Gasteiger partial charge is 0.396 e. The van der Waals surface area contributed by atoms with Gasteiger partial charge in [-0.25, -0.2) is 0 Å². The van der Waals surface area contributed by atoms with Crippen LogP contribution in [0.1, 0.15) is 44.9 Å². The van der Waals surface area contributed by atoms with Crippen molar-refractivity contribution in [2.75, 3.05) is 6.61 Å². The zero-order chi connectivity index (χ0) is 13.2.